The number of ether oxygens (including phenoxy) is 2. The smallest absolute Gasteiger partial charge is 0.162 e. The molecular formula is C17H25NO3. The molecule has 0 amide bonds. The zero-order valence-electron chi connectivity index (χ0n) is 13.4. The third kappa shape index (κ3) is 3.97. The summed E-state index contributed by atoms with van der Waals surface area (Å²) in [6.45, 7) is 5.87. The summed E-state index contributed by atoms with van der Waals surface area (Å²) in [7, 11) is 3.77. The van der Waals surface area contributed by atoms with Crippen LogP contribution < -0.4 is 9.47 Å². The molecule has 1 heterocycles. The largest absolute Gasteiger partial charge is 0.493 e. The summed E-state index contributed by atoms with van der Waals surface area (Å²) < 4.78 is 11.5. The van der Waals surface area contributed by atoms with Gasteiger partial charge in [0.15, 0.2) is 17.3 Å². The molecular weight excluding hydrogens is 266 g/mol. The molecule has 0 spiro atoms. The van der Waals surface area contributed by atoms with Crippen molar-refractivity contribution in [2.75, 3.05) is 27.2 Å². The predicted molar refractivity (Wildman–Crippen MR) is 83.3 cm³/mol. The second-order valence-electron chi connectivity index (χ2n) is 5.91. The SMILES string of the molecule is COc1ccc(C(C)=O)cc1OC(C)C1CCCN(C)C1. The van der Waals surface area contributed by atoms with Crippen LogP contribution in [0, 0.1) is 5.92 Å². The maximum Gasteiger partial charge on any atom is 0.162 e. The van der Waals surface area contributed by atoms with Crippen molar-refractivity contribution in [1.29, 1.82) is 0 Å². The van der Waals surface area contributed by atoms with Crippen molar-refractivity contribution < 1.29 is 14.3 Å². The highest BCUT2D eigenvalue weighted by Crippen LogP contribution is 2.31. The number of rotatable bonds is 5. The Morgan fingerprint density at radius 2 is 2.14 bits per heavy atom. The Hall–Kier alpha value is -1.55. The fourth-order valence-corrected chi connectivity index (χ4v) is 2.87. The van der Waals surface area contributed by atoms with Gasteiger partial charge in [-0.1, -0.05) is 0 Å². The number of likely N-dealkylation sites (tertiary alicyclic amines) is 1. The fourth-order valence-electron chi connectivity index (χ4n) is 2.87. The second-order valence-corrected chi connectivity index (χ2v) is 5.91. The van der Waals surface area contributed by atoms with Gasteiger partial charge in [0.2, 0.25) is 0 Å². The van der Waals surface area contributed by atoms with E-state index in [1.54, 1.807) is 32.2 Å². The molecule has 2 atom stereocenters. The van der Waals surface area contributed by atoms with Crippen LogP contribution in [0.25, 0.3) is 0 Å². The number of benzene rings is 1. The van der Waals surface area contributed by atoms with Gasteiger partial charge in [-0.15, -0.1) is 0 Å². The van der Waals surface area contributed by atoms with Crippen molar-refractivity contribution in [3.63, 3.8) is 0 Å². The highest BCUT2D eigenvalue weighted by molar-refractivity contribution is 5.94. The van der Waals surface area contributed by atoms with Gasteiger partial charge in [-0.25, -0.2) is 0 Å². The van der Waals surface area contributed by atoms with Crippen LogP contribution in [0.2, 0.25) is 0 Å². The molecule has 1 fully saturated rings. The Labute approximate surface area is 127 Å². The molecule has 2 rings (SSSR count). The average Bonchev–Trinajstić information content (AvgIpc) is 2.47. The molecule has 4 heteroatoms. The van der Waals surface area contributed by atoms with Crippen molar-refractivity contribution in [3.05, 3.63) is 23.8 Å². The van der Waals surface area contributed by atoms with E-state index in [4.69, 9.17) is 9.47 Å². The van der Waals surface area contributed by atoms with Crippen molar-refractivity contribution in [2.24, 2.45) is 5.92 Å². The van der Waals surface area contributed by atoms with E-state index in [1.807, 2.05) is 0 Å². The van der Waals surface area contributed by atoms with E-state index in [0.29, 0.717) is 23.0 Å². The van der Waals surface area contributed by atoms with Crippen molar-refractivity contribution >= 4 is 5.78 Å². The molecule has 0 saturated carbocycles. The maximum absolute atomic E-state index is 11.5. The van der Waals surface area contributed by atoms with Crippen LogP contribution in [-0.4, -0.2) is 44.0 Å². The van der Waals surface area contributed by atoms with Gasteiger partial charge in [-0.05, 0) is 58.5 Å². The molecule has 4 nitrogen and oxygen atoms in total. The summed E-state index contributed by atoms with van der Waals surface area (Å²) in [6.07, 6.45) is 2.49. The van der Waals surface area contributed by atoms with Crippen LogP contribution in [0.5, 0.6) is 11.5 Å². The number of nitrogens with zero attached hydrogens (tertiary/aromatic N) is 1. The normalized spacial score (nSPS) is 20.9. The van der Waals surface area contributed by atoms with Gasteiger partial charge in [0.05, 0.1) is 7.11 Å². The van der Waals surface area contributed by atoms with Gasteiger partial charge in [0.25, 0.3) is 0 Å². The van der Waals surface area contributed by atoms with Gasteiger partial charge in [-0.2, -0.15) is 0 Å². The molecule has 0 N–H and O–H groups in total. The molecule has 2 unspecified atom stereocenters. The Kier molecular flexibility index (Phi) is 5.23. The highest BCUT2D eigenvalue weighted by atomic mass is 16.5. The van der Waals surface area contributed by atoms with Crippen LogP contribution in [0.15, 0.2) is 18.2 Å². The fraction of sp³-hybridized carbons (Fsp3) is 0.588. The minimum atomic E-state index is 0.0348. The summed E-state index contributed by atoms with van der Waals surface area (Å²) in [6, 6.07) is 5.35. The molecule has 0 aromatic heterocycles. The van der Waals surface area contributed by atoms with Gasteiger partial charge in [0, 0.05) is 18.0 Å². The van der Waals surface area contributed by atoms with Crippen LogP contribution in [0.4, 0.5) is 0 Å². The van der Waals surface area contributed by atoms with E-state index >= 15 is 0 Å². The monoisotopic (exact) mass is 291 g/mol. The van der Waals surface area contributed by atoms with Gasteiger partial charge < -0.3 is 14.4 Å². The molecule has 1 aliphatic rings. The van der Waals surface area contributed by atoms with Gasteiger partial charge in [0.1, 0.15) is 6.10 Å². The Bertz CT molecular complexity index is 501. The molecule has 1 saturated heterocycles. The minimum Gasteiger partial charge on any atom is -0.493 e. The average molecular weight is 291 g/mol. The first-order chi connectivity index (χ1) is 10.0. The number of piperidine rings is 1. The second kappa shape index (κ2) is 6.94. The number of hydrogen-bond acceptors (Lipinski definition) is 4. The van der Waals surface area contributed by atoms with E-state index in [1.165, 1.54) is 12.8 Å². The molecule has 1 aromatic carbocycles. The number of carbonyl (C=O) groups excluding carboxylic acids is 1. The Morgan fingerprint density at radius 1 is 1.38 bits per heavy atom. The lowest BCUT2D eigenvalue weighted by molar-refractivity contribution is 0.0874. The van der Waals surface area contributed by atoms with Crippen LogP contribution in [0.3, 0.4) is 0 Å². The summed E-state index contributed by atoms with van der Waals surface area (Å²) in [5, 5.41) is 0. The Balaban J connectivity index is 2.13. The van der Waals surface area contributed by atoms with E-state index < -0.39 is 0 Å². The van der Waals surface area contributed by atoms with Crippen LogP contribution in [-0.2, 0) is 0 Å². The van der Waals surface area contributed by atoms with Crippen molar-refractivity contribution in [2.45, 2.75) is 32.8 Å². The van der Waals surface area contributed by atoms with Crippen LogP contribution in [0.1, 0.15) is 37.0 Å². The topological polar surface area (TPSA) is 38.8 Å². The third-order valence-electron chi connectivity index (χ3n) is 4.21. The molecule has 0 bridgehead atoms. The van der Waals surface area contributed by atoms with Crippen molar-refractivity contribution in [1.82, 2.24) is 4.90 Å². The van der Waals surface area contributed by atoms with E-state index in [2.05, 4.69) is 18.9 Å². The van der Waals surface area contributed by atoms with E-state index in [-0.39, 0.29) is 11.9 Å². The summed E-state index contributed by atoms with van der Waals surface area (Å²) in [5.74, 6) is 1.88. The molecule has 21 heavy (non-hydrogen) atoms. The van der Waals surface area contributed by atoms with Gasteiger partial charge >= 0.3 is 0 Å². The van der Waals surface area contributed by atoms with Gasteiger partial charge in [-0.3, -0.25) is 4.79 Å². The maximum atomic E-state index is 11.5. The molecule has 1 aromatic rings. The molecule has 1 aliphatic heterocycles. The first-order valence-corrected chi connectivity index (χ1v) is 7.55. The minimum absolute atomic E-state index is 0.0348. The van der Waals surface area contributed by atoms with E-state index in [0.717, 1.165) is 13.1 Å². The number of Topliss-reactive ketones (excluding diaryl/α,β-unsaturated/α-hetero) is 1. The highest BCUT2D eigenvalue weighted by Gasteiger charge is 2.25. The first kappa shape index (κ1) is 15.8. The molecule has 0 aliphatic carbocycles. The first-order valence-electron chi connectivity index (χ1n) is 7.55. The summed E-state index contributed by atoms with van der Waals surface area (Å²) in [5.41, 5.74) is 0.652. The quantitative estimate of drug-likeness (QED) is 0.782. The number of hydrogen-bond donors (Lipinski definition) is 0. The zero-order chi connectivity index (χ0) is 15.4. The zero-order valence-corrected chi connectivity index (χ0v) is 13.4. The number of methoxy groups -OCH3 is 1. The number of ketones is 1. The lowest BCUT2D eigenvalue weighted by Gasteiger charge is -2.33. The lowest BCUT2D eigenvalue weighted by Crippen LogP contribution is -2.39. The predicted octanol–water partition coefficient (Wildman–Crippen LogP) is 3.01. The molecule has 116 valence electrons. The molecule has 0 radical (unpaired) electrons. The van der Waals surface area contributed by atoms with Crippen molar-refractivity contribution in [3.8, 4) is 11.5 Å². The summed E-state index contributed by atoms with van der Waals surface area (Å²) >= 11 is 0. The number of carbonyl (C=O) groups is 1. The standard InChI is InChI=1S/C17H25NO3/c1-12(19)14-7-8-16(20-4)17(10-14)21-13(2)15-6-5-9-18(3)11-15/h7-8,10,13,15H,5-6,9,11H2,1-4H3. The summed E-state index contributed by atoms with van der Waals surface area (Å²) in [4.78, 5) is 13.9. The Morgan fingerprint density at radius 3 is 2.76 bits per heavy atom. The lowest BCUT2D eigenvalue weighted by atomic mass is 9.93. The van der Waals surface area contributed by atoms with Crippen LogP contribution >= 0.6 is 0 Å². The third-order valence-corrected chi connectivity index (χ3v) is 4.21. The van der Waals surface area contributed by atoms with E-state index in [9.17, 15) is 4.79 Å².